The van der Waals surface area contributed by atoms with Crippen molar-refractivity contribution in [3.63, 3.8) is 0 Å². The molecule has 1 unspecified atom stereocenters. The van der Waals surface area contributed by atoms with E-state index in [1.54, 1.807) is 7.11 Å². The van der Waals surface area contributed by atoms with E-state index in [-0.39, 0.29) is 11.8 Å². The van der Waals surface area contributed by atoms with Crippen molar-refractivity contribution in [2.45, 2.75) is 44.9 Å². The second kappa shape index (κ2) is 10.4. The highest BCUT2D eigenvalue weighted by Gasteiger charge is 2.28. The summed E-state index contributed by atoms with van der Waals surface area (Å²) in [7, 11) is 1.68. The average Bonchev–Trinajstić information content (AvgIpc) is 2.93. The zero-order valence-corrected chi connectivity index (χ0v) is 20.6. The molecule has 2 fully saturated rings. The summed E-state index contributed by atoms with van der Waals surface area (Å²) in [5, 5.41) is 0. The van der Waals surface area contributed by atoms with Crippen LogP contribution in [-0.2, 0) is 0 Å². The summed E-state index contributed by atoms with van der Waals surface area (Å²) >= 11 is 0. The fraction of sp³-hybridized carbons (Fsp3) is 0.429. The van der Waals surface area contributed by atoms with Gasteiger partial charge in [-0.1, -0.05) is 18.2 Å². The molecule has 0 N–H and O–H groups in total. The van der Waals surface area contributed by atoms with Gasteiger partial charge >= 0.3 is 0 Å². The van der Waals surface area contributed by atoms with Crippen molar-refractivity contribution in [3.8, 4) is 17.0 Å². The molecule has 5 rings (SSSR count). The van der Waals surface area contributed by atoms with Gasteiger partial charge in [0.15, 0.2) is 0 Å². The molecular weight excluding hydrogens is 438 g/mol. The predicted molar refractivity (Wildman–Crippen MR) is 137 cm³/mol. The van der Waals surface area contributed by atoms with Gasteiger partial charge in [0.05, 0.1) is 12.8 Å². The number of methoxy groups -OCH3 is 1. The number of carbonyl (C=O) groups is 1. The van der Waals surface area contributed by atoms with Gasteiger partial charge in [-0.15, -0.1) is 0 Å². The molecule has 2 saturated heterocycles. The van der Waals surface area contributed by atoms with Crippen molar-refractivity contribution in [3.05, 3.63) is 65.6 Å². The smallest absolute Gasteiger partial charge is 0.272 e. The maximum atomic E-state index is 13.5. The number of para-hydroxylation sites is 1. The first-order valence-electron chi connectivity index (χ1n) is 12.6. The molecule has 0 bridgehead atoms. The van der Waals surface area contributed by atoms with Crippen molar-refractivity contribution in [2.24, 2.45) is 0 Å². The highest BCUT2D eigenvalue weighted by atomic mass is 16.5. The quantitative estimate of drug-likeness (QED) is 0.529. The van der Waals surface area contributed by atoms with Crippen LogP contribution in [0.3, 0.4) is 0 Å². The van der Waals surface area contributed by atoms with Crippen LogP contribution in [0, 0.1) is 6.92 Å². The van der Waals surface area contributed by atoms with Crippen LogP contribution in [0.5, 0.6) is 5.75 Å². The van der Waals surface area contributed by atoms with Gasteiger partial charge in [0, 0.05) is 49.0 Å². The van der Waals surface area contributed by atoms with Crippen molar-refractivity contribution >= 4 is 11.9 Å². The van der Waals surface area contributed by atoms with Gasteiger partial charge in [-0.2, -0.15) is 0 Å². The summed E-state index contributed by atoms with van der Waals surface area (Å²) in [4.78, 5) is 32.0. The molecule has 7 heteroatoms. The number of aryl methyl sites for hydroxylation is 1. The number of rotatable bonds is 5. The van der Waals surface area contributed by atoms with Crippen LogP contribution in [0.1, 0.15) is 59.9 Å². The molecule has 4 heterocycles. The van der Waals surface area contributed by atoms with E-state index in [9.17, 15) is 4.79 Å². The molecule has 2 aromatic heterocycles. The molecule has 3 aromatic rings. The van der Waals surface area contributed by atoms with Crippen LogP contribution >= 0.6 is 0 Å². The third-order valence-corrected chi connectivity index (χ3v) is 6.98. The van der Waals surface area contributed by atoms with Gasteiger partial charge in [-0.05, 0) is 69.4 Å². The van der Waals surface area contributed by atoms with Crippen molar-refractivity contribution < 1.29 is 9.53 Å². The van der Waals surface area contributed by atoms with Gasteiger partial charge in [0.2, 0.25) is 5.95 Å². The number of likely N-dealkylation sites (tertiary alicyclic amines) is 1. The van der Waals surface area contributed by atoms with Crippen molar-refractivity contribution in [1.29, 1.82) is 0 Å². The normalized spacial score (nSPS) is 18.4. The Labute approximate surface area is 207 Å². The number of hydrogen-bond donors (Lipinski definition) is 0. The zero-order valence-electron chi connectivity index (χ0n) is 20.6. The highest BCUT2D eigenvalue weighted by Crippen LogP contribution is 2.32. The first-order chi connectivity index (χ1) is 17.1. The minimum absolute atomic E-state index is 0.0145. The number of benzene rings is 1. The van der Waals surface area contributed by atoms with E-state index in [0.29, 0.717) is 18.2 Å². The number of aromatic nitrogens is 3. The van der Waals surface area contributed by atoms with Crippen LogP contribution in [0.2, 0.25) is 0 Å². The molecule has 2 aliphatic rings. The van der Waals surface area contributed by atoms with E-state index in [1.165, 1.54) is 6.42 Å². The number of anilines is 1. The van der Waals surface area contributed by atoms with Crippen molar-refractivity contribution in [1.82, 2.24) is 19.9 Å². The van der Waals surface area contributed by atoms with Crippen LogP contribution < -0.4 is 9.64 Å². The van der Waals surface area contributed by atoms with Crippen LogP contribution in [0.4, 0.5) is 5.95 Å². The highest BCUT2D eigenvalue weighted by molar-refractivity contribution is 5.92. The maximum Gasteiger partial charge on any atom is 0.272 e. The molecule has 2 aliphatic heterocycles. The number of ether oxygens (including phenoxy) is 1. The number of carbonyl (C=O) groups excluding carboxylic acids is 1. The van der Waals surface area contributed by atoms with Gasteiger partial charge in [-0.3, -0.25) is 9.78 Å². The van der Waals surface area contributed by atoms with E-state index >= 15 is 0 Å². The molecular formula is C28H33N5O2. The first kappa shape index (κ1) is 23.3. The largest absolute Gasteiger partial charge is 0.496 e. The summed E-state index contributed by atoms with van der Waals surface area (Å²) < 4.78 is 5.54. The van der Waals surface area contributed by atoms with Crippen LogP contribution in [0.15, 0.2) is 48.5 Å². The Morgan fingerprint density at radius 2 is 1.77 bits per heavy atom. The van der Waals surface area contributed by atoms with E-state index < -0.39 is 0 Å². The SMILES string of the molecule is COc1ccccc1-c1cccc(C2CCCN(C(=O)c3cc(C)nc(N4CCCCC4)n3)C2)n1. The number of amides is 1. The molecule has 7 nitrogen and oxygen atoms in total. The molecule has 35 heavy (non-hydrogen) atoms. The van der Waals surface area contributed by atoms with E-state index in [2.05, 4.69) is 16.0 Å². The summed E-state index contributed by atoms with van der Waals surface area (Å²) in [5.41, 5.74) is 4.21. The molecule has 1 amide bonds. The Morgan fingerprint density at radius 3 is 2.60 bits per heavy atom. The molecule has 0 saturated carbocycles. The van der Waals surface area contributed by atoms with E-state index in [4.69, 9.17) is 14.7 Å². The Kier molecular flexibility index (Phi) is 6.93. The topological polar surface area (TPSA) is 71.5 Å². The average molecular weight is 472 g/mol. The third-order valence-electron chi connectivity index (χ3n) is 6.98. The lowest BCUT2D eigenvalue weighted by molar-refractivity contribution is 0.0699. The van der Waals surface area contributed by atoms with Gasteiger partial charge < -0.3 is 14.5 Å². The lowest BCUT2D eigenvalue weighted by atomic mass is 9.93. The second-order valence-electron chi connectivity index (χ2n) is 9.48. The van der Waals surface area contributed by atoms with E-state index in [1.807, 2.05) is 54.3 Å². The third kappa shape index (κ3) is 5.14. The van der Waals surface area contributed by atoms with Crippen molar-refractivity contribution in [2.75, 3.05) is 38.2 Å². The van der Waals surface area contributed by atoms with Gasteiger partial charge in [0.1, 0.15) is 11.4 Å². The van der Waals surface area contributed by atoms with Crippen LogP contribution in [-0.4, -0.2) is 59.0 Å². The minimum atomic E-state index is -0.0145. The summed E-state index contributed by atoms with van der Waals surface area (Å²) in [6.45, 7) is 5.24. The molecule has 0 spiro atoms. The summed E-state index contributed by atoms with van der Waals surface area (Å²) in [6, 6.07) is 15.9. The molecule has 0 radical (unpaired) electrons. The number of piperidine rings is 2. The fourth-order valence-electron chi connectivity index (χ4n) is 5.15. The Bertz CT molecular complexity index is 1190. The zero-order chi connectivity index (χ0) is 24.2. The second-order valence-corrected chi connectivity index (χ2v) is 9.48. The standard InChI is InChI=1S/C28H33N5O2/c1-20-18-25(31-28(29-20)32-15-6-3-7-16-32)27(34)33-17-9-10-21(19-33)23-12-8-13-24(30-23)22-11-4-5-14-26(22)35-2/h4-5,8,11-14,18,21H,3,6-7,9-10,15-17,19H2,1-2H3. The number of hydrogen-bond acceptors (Lipinski definition) is 6. The molecule has 1 aromatic carbocycles. The Hall–Kier alpha value is -3.48. The van der Waals surface area contributed by atoms with Gasteiger partial charge in [0.25, 0.3) is 5.91 Å². The van der Waals surface area contributed by atoms with E-state index in [0.717, 1.165) is 73.7 Å². The first-order valence-corrected chi connectivity index (χ1v) is 12.6. The predicted octanol–water partition coefficient (Wildman–Crippen LogP) is 4.87. The Morgan fingerprint density at radius 1 is 0.943 bits per heavy atom. The molecule has 1 atom stereocenters. The van der Waals surface area contributed by atoms with Crippen LogP contribution in [0.25, 0.3) is 11.3 Å². The Balaban J connectivity index is 1.35. The summed E-state index contributed by atoms with van der Waals surface area (Å²) in [6.07, 6.45) is 5.49. The monoisotopic (exact) mass is 471 g/mol. The molecule has 182 valence electrons. The number of pyridine rings is 1. The molecule has 0 aliphatic carbocycles. The lowest BCUT2D eigenvalue weighted by Crippen LogP contribution is -2.40. The van der Waals surface area contributed by atoms with Gasteiger partial charge in [-0.25, -0.2) is 9.97 Å². The lowest BCUT2D eigenvalue weighted by Gasteiger charge is -2.33. The summed E-state index contributed by atoms with van der Waals surface area (Å²) in [5.74, 6) is 1.67. The minimum Gasteiger partial charge on any atom is -0.496 e. The number of nitrogens with zero attached hydrogens (tertiary/aromatic N) is 5. The maximum absolute atomic E-state index is 13.5. The fourth-order valence-corrected chi connectivity index (χ4v) is 5.15.